The molecule has 0 bridgehead atoms. The Balaban J connectivity index is 4.45. The van der Waals surface area contributed by atoms with Crippen LogP contribution in [0.3, 0.4) is 0 Å². The number of carbonyl (C=O) groups excluding carboxylic acids is 2. The number of hydrogen-bond donors (Lipinski definition) is 2. The Bertz CT molecular complexity index is 1100. The van der Waals surface area contributed by atoms with Gasteiger partial charge in [-0.3, -0.25) is 18.6 Å². The van der Waals surface area contributed by atoms with Crippen molar-refractivity contribution in [3.8, 4) is 0 Å². The van der Waals surface area contributed by atoms with Gasteiger partial charge in [0, 0.05) is 12.8 Å². The number of phosphoric ester groups is 1. The van der Waals surface area contributed by atoms with Crippen LogP contribution in [0.4, 0.5) is 0 Å². The number of ether oxygens (including phenoxy) is 2. The number of unbranched alkanes of at least 4 members (excludes halogenated alkanes) is 16. The summed E-state index contributed by atoms with van der Waals surface area (Å²) in [5.74, 6) is -0.860. The Morgan fingerprint density at radius 3 is 1.78 bits per heavy atom. The fourth-order valence-corrected chi connectivity index (χ4v) is 6.26. The van der Waals surface area contributed by atoms with Gasteiger partial charge in [-0.25, -0.2) is 4.57 Å². The minimum Gasteiger partial charge on any atom is -0.462 e. The Morgan fingerprint density at radius 2 is 1.20 bits per heavy atom. The molecule has 2 unspecified atom stereocenters. The number of hydrogen-bond acceptors (Lipinski definition) is 8. The van der Waals surface area contributed by atoms with Crippen molar-refractivity contribution in [1.29, 1.82) is 0 Å². The van der Waals surface area contributed by atoms with E-state index in [1.807, 2.05) is 45.4 Å². The second-order valence-electron chi connectivity index (χ2n) is 15.5. The standard InChI is InChI=1S/C44H80NO9P/c1-6-8-10-11-12-13-14-15-16-17-18-21-24-27-31-35-43(47)51-39-42(40-53-55(49,50)52-38-37-45(3,4)5)54-44(48)36-32-28-25-22-19-20-23-26-30-34-41(46)33-29-9-7-2/h9,13-14,23,26,29-30,34,41-42,46H,6-8,10-12,15-22,24-25,27-28,31-33,35-40H2,1-5H3/p+1/b14-13-,26-23+,29-9+,34-30+/t41?,42-/m1/s1. The number of carbonyl (C=O) groups is 2. The van der Waals surface area contributed by atoms with Crippen molar-refractivity contribution in [3.63, 3.8) is 0 Å². The SMILES string of the molecule is CC/C=C/CC(O)/C=C/C=C/CCCCCCCC(=O)O[C@H](COC(=O)CCCCCCCCC/C=C\CCCCCC)COP(=O)(O)OCC[N+](C)(C)C. The lowest BCUT2D eigenvalue weighted by molar-refractivity contribution is -0.870. The maximum absolute atomic E-state index is 12.7. The van der Waals surface area contributed by atoms with Crippen LogP contribution in [-0.2, 0) is 32.7 Å². The zero-order valence-electron chi connectivity index (χ0n) is 35.5. The molecular weight excluding hydrogens is 717 g/mol. The van der Waals surface area contributed by atoms with Gasteiger partial charge in [0.05, 0.1) is 33.9 Å². The van der Waals surface area contributed by atoms with E-state index in [1.165, 1.54) is 51.4 Å². The second kappa shape index (κ2) is 36.3. The summed E-state index contributed by atoms with van der Waals surface area (Å²) >= 11 is 0. The molecule has 0 aromatic carbocycles. The van der Waals surface area contributed by atoms with Gasteiger partial charge in [0.1, 0.15) is 19.8 Å². The van der Waals surface area contributed by atoms with Crippen molar-refractivity contribution < 1.29 is 47.2 Å². The topological polar surface area (TPSA) is 129 Å². The van der Waals surface area contributed by atoms with Gasteiger partial charge in [0.25, 0.3) is 0 Å². The molecule has 0 saturated heterocycles. The Morgan fingerprint density at radius 1 is 0.655 bits per heavy atom. The van der Waals surface area contributed by atoms with Crippen LogP contribution in [0.1, 0.15) is 162 Å². The summed E-state index contributed by atoms with van der Waals surface area (Å²) in [4.78, 5) is 35.3. The van der Waals surface area contributed by atoms with Crippen molar-refractivity contribution in [2.24, 2.45) is 0 Å². The van der Waals surface area contributed by atoms with E-state index in [2.05, 4.69) is 32.1 Å². The molecule has 0 heterocycles. The van der Waals surface area contributed by atoms with Gasteiger partial charge in [-0.2, -0.15) is 0 Å². The lowest BCUT2D eigenvalue weighted by Gasteiger charge is -2.24. The van der Waals surface area contributed by atoms with Crippen molar-refractivity contribution in [2.75, 3.05) is 47.5 Å². The number of aliphatic hydroxyl groups excluding tert-OH is 1. The summed E-state index contributed by atoms with van der Waals surface area (Å²) in [6.07, 6.45) is 37.7. The fraction of sp³-hybridized carbons (Fsp3) is 0.773. The number of phosphoric acid groups is 1. The average Bonchev–Trinajstić information content (AvgIpc) is 3.12. The van der Waals surface area contributed by atoms with Gasteiger partial charge in [0.15, 0.2) is 6.10 Å². The highest BCUT2D eigenvalue weighted by Crippen LogP contribution is 2.43. The third-order valence-electron chi connectivity index (χ3n) is 8.92. The average molecular weight is 799 g/mol. The molecule has 55 heavy (non-hydrogen) atoms. The molecule has 3 atom stereocenters. The van der Waals surface area contributed by atoms with E-state index in [0.29, 0.717) is 23.9 Å². The molecule has 0 amide bonds. The quantitative estimate of drug-likeness (QED) is 0.0157. The minimum absolute atomic E-state index is 0.0159. The molecule has 0 fully saturated rings. The number of rotatable bonds is 38. The molecule has 11 heteroatoms. The van der Waals surface area contributed by atoms with Crippen LogP contribution < -0.4 is 0 Å². The summed E-state index contributed by atoms with van der Waals surface area (Å²) in [6, 6.07) is 0. The van der Waals surface area contributed by atoms with E-state index in [0.717, 1.165) is 70.6 Å². The van der Waals surface area contributed by atoms with E-state index >= 15 is 0 Å². The Labute approximate surface area is 336 Å². The number of allylic oxidation sites excluding steroid dienone is 6. The van der Waals surface area contributed by atoms with Crippen LogP contribution in [-0.4, -0.2) is 86.1 Å². The minimum atomic E-state index is -4.39. The summed E-state index contributed by atoms with van der Waals surface area (Å²) in [5, 5.41) is 9.88. The van der Waals surface area contributed by atoms with Gasteiger partial charge in [0.2, 0.25) is 0 Å². The number of quaternary nitrogens is 1. The largest absolute Gasteiger partial charge is 0.472 e. The first kappa shape index (κ1) is 52.9. The first-order valence-corrected chi connectivity index (χ1v) is 23.0. The van der Waals surface area contributed by atoms with Crippen LogP contribution in [0.5, 0.6) is 0 Å². The summed E-state index contributed by atoms with van der Waals surface area (Å²) in [5.41, 5.74) is 0. The molecule has 0 aromatic heterocycles. The van der Waals surface area contributed by atoms with Gasteiger partial charge in [-0.15, -0.1) is 0 Å². The zero-order chi connectivity index (χ0) is 40.9. The smallest absolute Gasteiger partial charge is 0.462 e. The predicted molar refractivity (Wildman–Crippen MR) is 226 cm³/mol. The van der Waals surface area contributed by atoms with Crippen molar-refractivity contribution >= 4 is 19.8 Å². The molecule has 0 saturated carbocycles. The molecule has 10 nitrogen and oxygen atoms in total. The molecule has 0 aliphatic rings. The van der Waals surface area contributed by atoms with E-state index in [1.54, 1.807) is 6.08 Å². The maximum Gasteiger partial charge on any atom is 0.472 e. The fourth-order valence-electron chi connectivity index (χ4n) is 5.51. The van der Waals surface area contributed by atoms with Gasteiger partial charge < -0.3 is 24.0 Å². The first-order chi connectivity index (χ1) is 26.4. The molecule has 2 N–H and O–H groups in total. The molecule has 0 aliphatic carbocycles. The lowest BCUT2D eigenvalue weighted by atomic mass is 10.1. The van der Waals surface area contributed by atoms with Gasteiger partial charge in [-0.05, 0) is 64.2 Å². The second-order valence-corrected chi connectivity index (χ2v) is 17.0. The number of nitrogens with zero attached hydrogens (tertiary/aromatic N) is 1. The third kappa shape index (κ3) is 39.9. The number of likely N-dealkylation sites (N-methyl/N-ethyl adjacent to an activating group) is 1. The van der Waals surface area contributed by atoms with Crippen LogP contribution in [0.2, 0.25) is 0 Å². The number of aliphatic hydroxyl groups is 1. The van der Waals surface area contributed by atoms with Crippen molar-refractivity contribution in [1.82, 2.24) is 0 Å². The maximum atomic E-state index is 12.7. The summed E-state index contributed by atoms with van der Waals surface area (Å²) in [7, 11) is 1.42. The molecule has 320 valence electrons. The monoisotopic (exact) mass is 799 g/mol. The van der Waals surface area contributed by atoms with Gasteiger partial charge >= 0.3 is 19.8 Å². The highest BCUT2D eigenvalue weighted by atomic mass is 31.2. The van der Waals surface area contributed by atoms with Crippen LogP contribution in [0.25, 0.3) is 0 Å². The van der Waals surface area contributed by atoms with E-state index in [9.17, 15) is 24.2 Å². The Hall–Kier alpha value is -2.07. The van der Waals surface area contributed by atoms with Crippen LogP contribution in [0, 0.1) is 0 Å². The molecular formula is C44H81NO9P+. The summed E-state index contributed by atoms with van der Waals surface area (Å²) in [6.45, 7) is 4.14. The highest BCUT2D eigenvalue weighted by molar-refractivity contribution is 7.47. The van der Waals surface area contributed by atoms with Crippen molar-refractivity contribution in [2.45, 2.75) is 174 Å². The zero-order valence-corrected chi connectivity index (χ0v) is 36.4. The van der Waals surface area contributed by atoms with E-state index < -0.39 is 38.6 Å². The molecule has 0 spiro atoms. The predicted octanol–water partition coefficient (Wildman–Crippen LogP) is 10.9. The molecule has 0 aromatic rings. The van der Waals surface area contributed by atoms with Crippen LogP contribution in [0.15, 0.2) is 48.6 Å². The molecule has 0 radical (unpaired) electrons. The number of esters is 2. The first-order valence-electron chi connectivity index (χ1n) is 21.5. The molecule has 0 aliphatic heterocycles. The molecule has 0 rings (SSSR count). The lowest BCUT2D eigenvalue weighted by Crippen LogP contribution is -2.37. The third-order valence-corrected chi connectivity index (χ3v) is 9.91. The van der Waals surface area contributed by atoms with E-state index in [4.69, 9.17) is 18.5 Å². The van der Waals surface area contributed by atoms with Gasteiger partial charge in [-0.1, -0.05) is 133 Å². The Kier molecular flexibility index (Phi) is 34.9. The van der Waals surface area contributed by atoms with Crippen LogP contribution >= 0.6 is 7.82 Å². The highest BCUT2D eigenvalue weighted by Gasteiger charge is 2.27. The van der Waals surface area contributed by atoms with E-state index in [-0.39, 0.29) is 26.1 Å². The van der Waals surface area contributed by atoms with Crippen molar-refractivity contribution in [3.05, 3.63) is 48.6 Å². The summed E-state index contributed by atoms with van der Waals surface area (Å²) < 4.78 is 34.2. The normalized spacial score (nSPS) is 14.7.